The molecule has 0 fully saturated rings. The Morgan fingerprint density at radius 3 is 2.07 bits per heavy atom. The van der Waals surface area contributed by atoms with E-state index in [0.717, 1.165) is 11.1 Å². The van der Waals surface area contributed by atoms with E-state index in [2.05, 4.69) is 0 Å². The fraction of sp³-hybridized carbons (Fsp3) is 0.364. The zero-order valence-corrected chi connectivity index (χ0v) is 8.77. The second kappa shape index (κ2) is 4.42. The molecule has 15 heavy (non-hydrogen) atoms. The van der Waals surface area contributed by atoms with Crippen LogP contribution in [0.4, 0.5) is 0 Å². The van der Waals surface area contributed by atoms with Gasteiger partial charge in [0.05, 0.1) is 0 Å². The molecule has 0 radical (unpaired) electrons. The number of aliphatic hydroxyl groups excluding tert-OH is 2. The number of nitrogens with two attached hydrogens (primary N) is 1. The largest absolute Gasteiger partial charge is 0.385 e. The van der Waals surface area contributed by atoms with Crippen molar-refractivity contribution in [1.29, 1.82) is 0 Å². The molecule has 0 saturated heterocycles. The van der Waals surface area contributed by atoms with Gasteiger partial charge in [0.1, 0.15) is 6.10 Å². The third-order valence-electron chi connectivity index (χ3n) is 2.18. The van der Waals surface area contributed by atoms with E-state index >= 15 is 0 Å². The quantitative estimate of drug-likeness (QED) is 0.664. The summed E-state index contributed by atoms with van der Waals surface area (Å²) in [4.78, 5) is 10.7. The first-order valence-electron chi connectivity index (χ1n) is 4.65. The van der Waals surface area contributed by atoms with Crippen LogP contribution in [0.15, 0.2) is 18.2 Å². The number of benzene rings is 1. The predicted molar refractivity (Wildman–Crippen MR) is 56.1 cm³/mol. The zero-order chi connectivity index (χ0) is 11.6. The predicted octanol–water partition coefficient (Wildman–Crippen LogP) is 0.183. The van der Waals surface area contributed by atoms with Gasteiger partial charge in [-0.2, -0.15) is 0 Å². The van der Waals surface area contributed by atoms with Crippen LogP contribution in [0.5, 0.6) is 0 Å². The standard InChI is InChI=1S/C11H15NO3/c1-6-3-7(2)5-8(4-6)9(13)10(14)11(12)15/h3-5,9-10,13-14H,1-2H3,(H2,12,15). The molecule has 2 atom stereocenters. The van der Waals surface area contributed by atoms with Gasteiger partial charge in [-0.3, -0.25) is 4.79 Å². The third kappa shape index (κ3) is 2.78. The number of carbonyl (C=O) groups excluding carboxylic acids is 1. The lowest BCUT2D eigenvalue weighted by Crippen LogP contribution is -2.33. The van der Waals surface area contributed by atoms with Crippen molar-refractivity contribution in [3.05, 3.63) is 34.9 Å². The molecule has 0 spiro atoms. The first-order chi connectivity index (χ1) is 6.91. The summed E-state index contributed by atoms with van der Waals surface area (Å²) in [6.45, 7) is 3.75. The molecule has 1 amide bonds. The summed E-state index contributed by atoms with van der Waals surface area (Å²) in [6, 6.07) is 5.36. The molecule has 2 unspecified atom stereocenters. The van der Waals surface area contributed by atoms with E-state index in [4.69, 9.17) is 5.73 Å². The molecule has 4 N–H and O–H groups in total. The minimum absolute atomic E-state index is 0.499. The highest BCUT2D eigenvalue weighted by molar-refractivity contribution is 5.79. The van der Waals surface area contributed by atoms with Crippen molar-refractivity contribution in [2.75, 3.05) is 0 Å². The lowest BCUT2D eigenvalue weighted by Gasteiger charge is -2.16. The van der Waals surface area contributed by atoms with Crippen LogP contribution in [0.3, 0.4) is 0 Å². The monoisotopic (exact) mass is 209 g/mol. The highest BCUT2D eigenvalue weighted by Crippen LogP contribution is 2.19. The number of aryl methyl sites for hydroxylation is 2. The van der Waals surface area contributed by atoms with Gasteiger partial charge >= 0.3 is 0 Å². The van der Waals surface area contributed by atoms with Crippen LogP contribution in [0.25, 0.3) is 0 Å². The number of aliphatic hydroxyl groups is 2. The topological polar surface area (TPSA) is 83.6 Å². The van der Waals surface area contributed by atoms with E-state index < -0.39 is 18.1 Å². The summed E-state index contributed by atoms with van der Waals surface area (Å²) in [6.07, 6.45) is -2.83. The van der Waals surface area contributed by atoms with Crippen LogP contribution in [-0.2, 0) is 4.79 Å². The molecule has 0 bridgehead atoms. The van der Waals surface area contributed by atoms with Crippen molar-refractivity contribution in [1.82, 2.24) is 0 Å². The normalized spacial score (nSPS) is 14.7. The summed E-state index contributed by atoms with van der Waals surface area (Å²) in [5.74, 6) is -0.929. The Labute approximate surface area is 88.3 Å². The molecular formula is C11H15NO3. The third-order valence-corrected chi connectivity index (χ3v) is 2.18. The van der Waals surface area contributed by atoms with Gasteiger partial charge in [0, 0.05) is 0 Å². The fourth-order valence-corrected chi connectivity index (χ4v) is 1.52. The minimum Gasteiger partial charge on any atom is -0.385 e. The molecule has 0 saturated carbocycles. The number of hydrogen-bond acceptors (Lipinski definition) is 3. The fourth-order valence-electron chi connectivity index (χ4n) is 1.52. The molecule has 0 aliphatic rings. The number of rotatable bonds is 3. The number of hydrogen-bond donors (Lipinski definition) is 3. The van der Waals surface area contributed by atoms with Gasteiger partial charge in [-0.15, -0.1) is 0 Å². The van der Waals surface area contributed by atoms with Crippen molar-refractivity contribution in [3.8, 4) is 0 Å². The van der Waals surface area contributed by atoms with Crippen molar-refractivity contribution in [3.63, 3.8) is 0 Å². The lowest BCUT2D eigenvalue weighted by molar-refractivity contribution is -0.131. The van der Waals surface area contributed by atoms with E-state index in [1.807, 2.05) is 19.9 Å². The smallest absolute Gasteiger partial charge is 0.249 e. The van der Waals surface area contributed by atoms with Gasteiger partial charge in [-0.05, 0) is 19.4 Å². The van der Waals surface area contributed by atoms with Gasteiger partial charge in [0.25, 0.3) is 0 Å². The van der Waals surface area contributed by atoms with Crippen LogP contribution in [-0.4, -0.2) is 22.2 Å². The van der Waals surface area contributed by atoms with Crippen molar-refractivity contribution >= 4 is 5.91 Å². The molecule has 0 heterocycles. The Morgan fingerprint density at radius 1 is 1.20 bits per heavy atom. The highest BCUT2D eigenvalue weighted by atomic mass is 16.3. The molecule has 0 aromatic heterocycles. The van der Waals surface area contributed by atoms with E-state index in [1.54, 1.807) is 12.1 Å². The van der Waals surface area contributed by atoms with Crippen molar-refractivity contribution < 1.29 is 15.0 Å². The van der Waals surface area contributed by atoms with Gasteiger partial charge in [0.15, 0.2) is 6.10 Å². The molecule has 4 heteroatoms. The first-order valence-corrected chi connectivity index (χ1v) is 4.65. The Balaban J connectivity index is 3.00. The minimum atomic E-state index is -1.56. The Kier molecular flexibility index (Phi) is 3.44. The second-order valence-corrected chi connectivity index (χ2v) is 3.71. The molecule has 4 nitrogen and oxygen atoms in total. The first kappa shape index (κ1) is 11.7. The lowest BCUT2D eigenvalue weighted by atomic mass is 9.99. The zero-order valence-electron chi connectivity index (χ0n) is 8.77. The maximum absolute atomic E-state index is 10.7. The van der Waals surface area contributed by atoms with Crippen LogP contribution < -0.4 is 5.73 Å². The average Bonchev–Trinajstić information content (AvgIpc) is 2.13. The molecule has 0 aliphatic heterocycles. The average molecular weight is 209 g/mol. The Morgan fingerprint density at radius 2 is 1.67 bits per heavy atom. The van der Waals surface area contributed by atoms with E-state index in [9.17, 15) is 15.0 Å². The van der Waals surface area contributed by atoms with E-state index in [-0.39, 0.29) is 0 Å². The molecule has 1 aromatic carbocycles. The number of amides is 1. The van der Waals surface area contributed by atoms with Crippen LogP contribution >= 0.6 is 0 Å². The molecule has 1 aromatic rings. The van der Waals surface area contributed by atoms with E-state index in [1.165, 1.54) is 0 Å². The summed E-state index contributed by atoms with van der Waals surface area (Å²) in [5, 5.41) is 19.0. The summed E-state index contributed by atoms with van der Waals surface area (Å²) in [5.41, 5.74) is 7.32. The van der Waals surface area contributed by atoms with Crippen molar-refractivity contribution in [2.45, 2.75) is 26.1 Å². The molecule has 1 rings (SSSR count). The summed E-state index contributed by atoms with van der Waals surface area (Å²) in [7, 11) is 0. The number of primary amides is 1. The Hall–Kier alpha value is -1.39. The maximum Gasteiger partial charge on any atom is 0.249 e. The Bertz CT molecular complexity index is 356. The van der Waals surface area contributed by atoms with Gasteiger partial charge in [0.2, 0.25) is 5.91 Å². The maximum atomic E-state index is 10.7. The summed E-state index contributed by atoms with van der Waals surface area (Å²) >= 11 is 0. The van der Waals surface area contributed by atoms with Crippen LogP contribution in [0, 0.1) is 13.8 Å². The SMILES string of the molecule is Cc1cc(C)cc(C(O)C(O)C(N)=O)c1. The summed E-state index contributed by atoms with van der Waals surface area (Å²) < 4.78 is 0. The van der Waals surface area contributed by atoms with E-state index in [0.29, 0.717) is 5.56 Å². The molecule has 0 aliphatic carbocycles. The van der Waals surface area contributed by atoms with Gasteiger partial charge in [-0.1, -0.05) is 29.3 Å². The molecule has 82 valence electrons. The second-order valence-electron chi connectivity index (χ2n) is 3.71. The van der Waals surface area contributed by atoms with Crippen molar-refractivity contribution in [2.24, 2.45) is 5.73 Å². The van der Waals surface area contributed by atoms with Gasteiger partial charge in [-0.25, -0.2) is 0 Å². The van der Waals surface area contributed by atoms with Crippen LogP contribution in [0.2, 0.25) is 0 Å². The molecular weight excluding hydrogens is 194 g/mol. The number of carbonyl (C=O) groups is 1. The van der Waals surface area contributed by atoms with Gasteiger partial charge < -0.3 is 15.9 Å². The van der Waals surface area contributed by atoms with Crippen LogP contribution in [0.1, 0.15) is 22.8 Å². The highest BCUT2D eigenvalue weighted by Gasteiger charge is 2.23.